The summed E-state index contributed by atoms with van der Waals surface area (Å²) in [6, 6.07) is 8.47. The number of hydrogen-bond acceptors (Lipinski definition) is 18. The minimum absolute atomic E-state index is 0.0548. The Kier molecular flexibility index (Phi) is 19.1. The Hall–Kier alpha value is -6.97. The highest BCUT2D eigenvalue weighted by Crippen LogP contribution is 2.44. The number of ether oxygens (including phenoxy) is 2. The van der Waals surface area contributed by atoms with Crippen molar-refractivity contribution in [1.82, 2.24) is 36.4 Å². The van der Waals surface area contributed by atoms with E-state index >= 15 is 0 Å². The first kappa shape index (κ1) is 57.7. The number of phenols is 1. The zero-order valence-electron chi connectivity index (χ0n) is 42.4. The van der Waals surface area contributed by atoms with Gasteiger partial charge in [-0.05, 0) is 59.7 Å². The predicted octanol–water partition coefficient (Wildman–Crippen LogP) is -3.83. The number of nitrogens with one attached hydrogen (secondary N) is 5. The number of carbonyl (C=O) groups excluding carboxylic acids is 7. The van der Waals surface area contributed by atoms with Crippen molar-refractivity contribution in [2.45, 2.75) is 118 Å². The van der Waals surface area contributed by atoms with Crippen LogP contribution < -0.4 is 37.1 Å². The van der Waals surface area contributed by atoms with Crippen molar-refractivity contribution in [2.24, 2.45) is 11.7 Å². The molecular weight excluding hydrogens is 1010 g/mol. The number of β-amino-alcohol motifs (C(OH)–C–C–N with tert-alkyl or cyclic N) is 1. The van der Waals surface area contributed by atoms with Crippen molar-refractivity contribution in [3.63, 3.8) is 0 Å². The Balaban J connectivity index is 1.19. The van der Waals surface area contributed by atoms with Crippen LogP contribution in [0.15, 0.2) is 66.7 Å². The number of rotatable bonds is 13. The second-order valence-corrected chi connectivity index (χ2v) is 20.0. The summed E-state index contributed by atoms with van der Waals surface area (Å²) < 4.78 is 11.0. The topological polar surface area (TPSA) is 392 Å². The van der Waals surface area contributed by atoms with Crippen LogP contribution in [0.3, 0.4) is 0 Å². The summed E-state index contributed by atoms with van der Waals surface area (Å²) in [5, 5.41) is 99.5. The third-order valence-electron chi connectivity index (χ3n) is 14.3. The maximum absolute atomic E-state index is 14.9. The van der Waals surface area contributed by atoms with Gasteiger partial charge in [-0.15, -0.1) is 0 Å². The van der Waals surface area contributed by atoms with Crippen LogP contribution in [0.25, 0.3) is 11.1 Å². The lowest BCUT2D eigenvalue weighted by Gasteiger charge is -2.34. The maximum atomic E-state index is 14.9. The average molecular weight is 1080 g/mol. The molecule has 7 amide bonds. The summed E-state index contributed by atoms with van der Waals surface area (Å²) >= 11 is 0. The Morgan fingerprint density at radius 3 is 2.08 bits per heavy atom. The van der Waals surface area contributed by atoms with Crippen LogP contribution in [-0.4, -0.2) is 211 Å². The standard InChI is InChI=1S/C52H68N8O17/c1-25-22-60-44(45(25)68)49(72)55-21-28(63)19-35(53)46(69)56-41(26(2)62)50(73)59-23-29(64)20-36(59)47(70)57-42(39(67)17-27-11-12-37(65)40(18-27)76-16-15-61)48(71)58-43(51(60)74)38(66)13-14-54-52(75)77-24-34-32-9-5-3-7-30(32)31-8-4-6-10-33(31)34/h3-12,18,25-26,28-29,34-36,38-39,41-45,61-68H,13-17,19-24,53H2,1-2H3,(H,54,75)(H,55,72)(H,56,69)(H,57,70)(H,58,71)/t25-,26+,28+,29+,35-,36-,38+,39+,41-,42-,43-,44-,45-/m0/s1. The normalized spacial score (nSPS) is 27.8. The average Bonchev–Trinajstić information content (AvgIpc) is 4.08. The molecule has 15 N–H and O–H groups in total. The van der Waals surface area contributed by atoms with Crippen molar-refractivity contribution in [2.75, 3.05) is 46.0 Å². The van der Waals surface area contributed by atoms with Crippen LogP contribution in [-0.2, 0) is 39.9 Å². The zero-order valence-corrected chi connectivity index (χ0v) is 42.4. The van der Waals surface area contributed by atoms with Gasteiger partial charge in [0.2, 0.25) is 35.4 Å². The van der Waals surface area contributed by atoms with Crippen molar-refractivity contribution < 1.29 is 83.9 Å². The summed E-state index contributed by atoms with van der Waals surface area (Å²) in [5.41, 5.74) is 10.2. The number of hydrogen-bond donors (Lipinski definition) is 14. The number of nitrogens with zero attached hydrogens (tertiary/aromatic N) is 2. The fourth-order valence-corrected chi connectivity index (χ4v) is 10.3. The minimum Gasteiger partial charge on any atom is -0.504 e. The summed E-state index contributed by atoms with van der Waals surface area (Å²) in [5.74, 6) is -8.21. The van der Waals surface area contributed by atoms with Gasteiger partial charge >= 0.3 is 6.09 Å². The molecule has 0 saturated carbocycles. The predicted molar refractivity (Wildman–Crippen MR) is 270 cm³/mol. The fraction of sp³-hybridized carbons (Fsp3) is 0.519. The molecule has 3 saturated heterocycles. The van der Waals surface area contributed by atoms with Gasteiger partial charge in [-0.2, -0.15) is 0 Å². The van der Waals surface area contributed by atoms with Gasteiger partial charge in [0.25, 0.3) is 0 Å². The molecule has 4 aliphatic rings. The van der Waals surface area contributed by atoms with Crippen molar-refractivity contribution in [1.29, 1.82) is 0 Å². The molecule has 77 heavy (non-hydrogen) atoms. The Morgan fingerprint density at radius 2 is 1.42 bits per heavy atom. The quantitative estimate of drug-likeness (QED) is 0.0780. The fourth-order valence-electron chi connectivity index (χ4n) is 10.3. The van der Waals surface area contributed by atoms with Gasteiger partial charge in [-0.25, -0.2) is 4.79 Å². The lowest BCUT2D eigenvalue weighted by Crippen LogP contribution is -2.64. The first-order chi connectivity index (χ1) is 36.7. The molecule has 0 aromatic heterocycles. The van der Waals surface area contributed by atoms with Crippen LogP contribution in [0.5, 0.6) is 11.5 Å². The van der Waals surface area contributed by atoms with Gasteiger partial charge in [0.15, 0.2) is 11.5 Å². The van der Waals surface area contributed by atoms with Crippen LogP contribution in [0, 0.1) is 5.92 Å². The number of aromatic hydroxyl groups is 1. The number of phenolic OH excluding ortho intramolecular Hbond substituents is 1. The van der Waals surface area contributed by atoms with Crippen LogP contribution in [0.1, 0.15) is 55.7 Å². The Morgan fingerprint density at radius 1 is 0.779 bits per heavy atom. The lowest BCUT2D eigenvalue weighted by atomic mass is 9.98. The second kappa shape index (κ2) is 25.5. The highest BCUT2D eigenvalue weighted by Gasteiger charge is 2.49. The van der Waals surface area contributed by atoms with Crippen LogP contribution in [0.2, 0.25) is 0 Å². The van der Waals surface area contributed by atoms with Crippen LogP contribution >= 0.6 is 0 Å². The van der Waals surface area contributed by atoms with Gasteiger partial charge in [0.05, 0.1) is 49.3 Å². The molecule has 13 atom stereocenters. The molecular formula is C52H68N8O17. The molecule has 25 heteroatoms. The molecule has 3 heterocycles. The number of fused-ring (bicyclic) bond motifs is 5. The summed E-state index contributed by atoms with van der Waals surface area (Å²) in [4.78, 5) is 100. The molecule has 0 bridgehead atoms. The van der Waals surface area contributed by atoms with Gasteiger partial charge in [-0.3, -0.25) is 28.8 Å². The van der Waals surface area contributed by atoms with E-state index in [9.17, 15) is 74.4 Å². The van der Waals surface area contributed by atoms with E-state index < -0.39 is 166 Å². The van der Waals surface area contributed by atoms with E-state index in [1.54, 1.807) is 0 Å². The molecule has 418 valence electrons. The molecule has 3 aromatic carbocycles. The monoisotopic (exact) mass is 1080 g/mol. The minimum atomic E-state index is -2.09. The van der Waals surface area contributed by atoms with Gasteiger partial charge in [0.1, 0.15) is 43.4 Å². The van der Waals surface area contributed by atoms with Gasteiger partial charge in [0, 0.05) is 50.9 Å². The smallest absolute Gasteiger partial charge is 0.407 e. The number of alkyl carbamates (subject to hydrolysis) is 1. The highest BCUT2D eigenvalue weighted by molar-refractivity contribution is 5.98. The zero-order chi connectivity index (χ0) is 55.8. The highest BCUT2D eigenvalue weighted by atomic mass is 16.5. The van der Waals surface area contributed by atoms with Gasteiger partial charge < -0.3 is 92.4 Å². The molecule has 1 aliphatic carbocycles. The molecule has 7 rings (SSSR count). The van der Waals surface area contributed by atoms with E-state index in [1.165, 1.54) is 25.1 Å². The van der Waals surface area contributed by atoms with Crippen molar-refractivity contribution >= 4 is 41.5 Å². The van der Waals surface area contributed by atoms with E-state index in [4.69, 9.17) is 15.2 Å². The molecule has 0 unspecified atom stereocenters. The Bertz CT molecular complexity index is 2600. The molecule has 0 radical (unpaired) electrons. The molecule has 3 fully saturated rings. The number of benzene rings is 3. The SMILES string of the molecule is C[C@@H](O)[C@@H]1NC(=O)[C@@H](N)C[C@@H](O)CNC(=O)[C@@H]2[C@@H](O)[C@@H](C)CN2C(=O)[C@H]([C@H](O)CCNC(=O)OCC2c3ccccc3-c3ccccc32)NC(=O)[C@H]([C@H](O)Cc2ccc(O)c(OCCO)c2)NC(=O)[C@@H]2C[C@@H](O)CN2C1=O. The van der Waals surface area contributed by atoms with E-state index in [1.807, 2.05) is 48.5 Å². The summed E-state index contributed by atoms with van der Waals surface area (Å²) in [6.07, 6.45) is -12.7. The number of aliphatic hydroxyl groups is 7. The first-order valence-electron chi connectivity index (χ1n) is 25.5. The second-order valence-electron chi connectivity index (χ2n) is 20.0. The molecule has 25 nitrogen and oxygen atoms in total. The molecule has 3 aliphatic heterocycles. The van der Waals surface area contributed by atoms with Gasteiger partial charge in [-0.1, -0.05) is 61.5 Å². The maximum Gasteiger partial charge on any atom is 0.407 e. The largest absolute Gasteiger partial charge is 0.504 e. The van der Waals surface area contributed by atoms with Crippen LogP contribution in [0.4, 0.5) is 4.79 Å². The van der Waals surface area contributed by atoms with E-state index in [2.05, 4.69) is 26.6 Å². The van der Waals surface area contributed by atoms with E-state index in [0.29, 0.717) is 0 Å². The molecule has 3 aromatic rings. The van der Waals surface area contributed by atoms with Crippen molar-refractivity contribution in [3.8, 4) is 22.6 Å². The third kappa shape index (κ3) is 13.4. The third-order valence-corrected chi connectivity index (χ3v) is 14.3. The summed E-state index contributed by atoms with van der Waals surface area (Å²) in [6.45, 7) is 0.234. The van der Waals surface area contributed by atoms with E-state index in [-0.39, 0.29) is 49.3 Å². The summed E-state index contributed by atoms with van der Waals surface area (Å²) in [7, 11) is 0. The number of carbonyl (C=O) groups is 7. The number of amides is 7. The number of aliphatic hydroxyl groups excluding tert-OH is 7. The Labute approximate surface area is 442 Å². The van der Waals surface area contributed by atoms with E-state index in [0.717, 1.165) is 39.0 Å². The lowest BCUT2D eigenvalue weighted by molar-refractivity contribution is -0.147. The van der Waals surface area contributed by atoms with Crippen molar-refractivity contribution in [3.05, 3.63) is 83.4 Å². The first-order valence-corrected chi connectivity index (χ1v) is 25.5. The number of nitrogens with two attached hydrogens (primary N) is 1. The molecule has 0 spiro atoms.